The van der Waals surface area contributed by atoms with Gasteiger partial charge in [-0.1, -0.05) is 19.8 Å². The van der Waals surface area contributed by atoms with Gasteiger partial charge in [0.2, 0.25) is 11.8 Å². The first kappa shape index (κ1) is 27.7. The summed E-state index contributed by atoms with van der Waals surface area (Å²) >= 11 is 2.07. The van der Waals surface area contributed by atoms with Crippen molar-refractivity contribution in [3.05, 3.63) is 32.9 Å². The van der Waals surface area contributed by atoms with Gasteiger partial charge in [-0.2, -0.15) is 0 Å². The summed E-state index contributed by atoms with van der Waals surface area (Å²) in [6, 6.07) is 2.81. The minimum Gasteiger partial charge on any atom is -0.493 e. The van der Waals surface area contributed by atoms with Crippen molar-refractivity contribution < 1.29 is 34.4 Å². The average molecular weight is 602 g/mol. The molecule has 3 unspecified atom stereocenters. The molecule has 194 valence electrons. The van der Waals surface area contributed by atoms with Crippen molar-refractivity contribution in [1.82, 2.24) is 10.2 Å². The Bertz CT molecular complexity index is 933. The number of nitrogens with one attached hydrogen (secondary N) is 1. The molecule has 0 radical (unpaired) electrons. The minimum absolute atomic E-state index is 0.0149. The summed E-state index contributed by atoms with van der Waals surface area (Å²) < 4.78 is 12.4. The van der Waals surface area contributed by atoms with Gasteiger partial charge >= 0.3 is 0 Å². The molecule has 0 aliphatic heterocycles. The second kappa shape index (κ2) is 12.9. The molecular formula is C25H35IN2O7. The standard InChI is InChI=1S/C25H35IN2O7/c1-3-22(31)28(17-6-4-5-7-17)19-12-16(25(33)27-8-9-29)13-20(23(19)32)35-24-18(26)10-15(14-30)11-21(24)34-2/h10-11,13,17,19-20,23,29-30,32H,3-9,12,14H2,1-2H3,(H,27,33). The van der Waals surface area contributed by atoms with E-state index >= 15 is 0 Å². The Morgan fingerprint density at radius 3 is 2.54 bits per heavy atom. The van der Waals surface area contributed by atoms with Crippen LogP contribution in [0.4, 0.5) is 0 Å². The Hall–Kier alpha value is -1.89. The van der Waals surface area contributed by atoms with E-state index in [1.807, 2.05) is 0 Å². The summed E-state index contributed by atoms with van der Waals surface area (Å²) in [4.78, 5) is 27.7. The third-order valence-electron chi connectivity index (χ3n) is 6.61. The van der Waals surface area contributed by atoms with Crippen molar-refractivity contribution in [2.24, 2.45) is 0 Å². The van der Waals surface area contributed by atoms with Gasteiger partial charge in [-0.3, -0.25) is 9.59 Å². The fraction of sp³-hybridized carbons (Fsp3) is 0.600. The molecule has 0 bridgehead atoms. The van der Waals surface area contributed by atoms with Crippen LogP contribution in [0.3, 0.4) is 0 Å². The maximum absolute atomic E-state index is 13.1. The van der Waals surface area contributed by atoms with Gasteiger partial charge in [-0.15, -0.1) is 0 Å². The molecule has 0 aromatic heterocycles. The largest absolute Gasteiger partial charge is 0.493 e. The van der Waals surface area contributed by atoms with E-state index in [1.54, 1.807) is 30.0 Å². The molecule has 35 heavy (non-hydrogen) atoms. The number of carbonyl (C=O) groups is 2. The molecule has 2 aliphatic rings. The molecule has 2 aliphatic carbocycles. The highest BCUT2D eigenvalue weighted by molar-refractivity contribution is 14.1. The lowest BCUT2D eigenvalue weighted by atomic mass is 9.87. The normalized spacial score (nSPS) is 22.5. The van der Waals surface area contributed by atoms with Crippen molar-refractivity contribution in [3.8, 4) is 11.5 Å². The lowest BCUT2D eigenvalue weighted by Gasteiger charge is -2.43. The first-order valence-electron chi connectivity index (χ1n) is 12.1. The van der Waals surface area contributed by atoms with Gasteiger partial charge in [-0.25, -0.2) is 0 Å². The molecule has 0 spiro atoms. The van der Waals surface area contributed by atoms with Gasteiger partial charge in [0.1, 0.15) is 12.2 Å². The number of hydrogen-bond acceptors (Lipinski definition) is 7. The Morgan fingerprint density at radius 1 is 1.23 bits per heavy atom. The number of ether oxygens (including phenoxy) is 2. The maximum Gasteiger partial charge on any atom is 0.247 e. The summed E-state index contributed by atoms with van der Waals surface area (Å²) in [5, 5.41) is 32.8. The Kier molecular flexibility index (Phi) is 10.2. The third kappa shape index (κ3) is 6.46. The average Bonchev–Trinajstić information content (AvgIpc) is 3.39. The van der Waals surface area contributed by atoms with Crippen LogP contribution in [-0.4, -0.2) is 76.6 Å². The first-order valence-corrected chi connectivity index (χ1v) is 13.1. The number of nitrogens with zero attached hydrogens (tertiary/aromatic N) is 1. The molecule has 0 saturated heterocycles. The number of aliphatic hydroxyl groups excluding tert-OH is 3. The summed E-state index contributed by atoms with van der Waals surface area (Å²) in [6.45, 7) is 1.54. The van der Waals surface area contributed by atoms with Gasteiger partial charge in [0.05, 0.1) is 29.9 Å². The molecule has 1 fully saturated rings. The molecule has 1 saturated carbocycles. The van der Waals surface area contributed by atoms with Crippen LogP contribution in [0.5, 0.6) is 11.5 Å². The minimum atomic E-state index is -1.07. The molecule has 1 aromatic rings. The maximum atomic E-state index is 13.1. The van der Waals surface area contributed by atoms with Gasteiger partial charge in [0.15, 0.2) is 11.5 Å². The van der Waals surface area contributed by atoms with Crippen LogP contribution < -0.4 is 14.8 Å². The SMILES string of the molecule is CCC(=O)N(C1CCCC1)C1CC(C(=O)NCCO)=CC(Oc2c(I)cc(CO)cc2OC)C1O. The van der Waals surface area contributed by atoms with E-state index in [-0.39, 0.29) is 44.0 Å². The van der Waals surface area contributed by atoms with Crippen molar-refractivity contribution in [3.63, 3.8) is 0 Å². The number of halogens is 1. The lowest BCUT2D eigenvalue weighted by Crippen LogP contribution is -2.57. The van der Waals surface area contributed by atoms with E-state index < -0.39 is 18.2 Å². The van der Waals surface area contributed by atoms with Gasteiger partial charge in [0.25, 0.3) is 0 Å². The summed E-state index contributed by atoms with van der Waals surface area (Å²) in [7, 11) is 1.49. The zero-order valence-electron chi connectivity index (χ0n) is 20.2. The van der Waals surface area contributed by atoms with Gasteiger partial charge in [-0.05, 0) is 59.2 Å². The van der Waals surface area contributed by atoms with Crippen LogP contribution in [0.1, 0.15) is 51.0 Å². The second-order valence-corrected chi connectivity index (χ2v) is 10.0. The molecule has 3 rings (SSSR count). The van der Waals surface area contributed by atoms with Crippen LogP contribution in [0.25, 0.3) is 0 Å². The van der Waals surface area contributed by atoms with E-state index in [9.17, 15) is 19.8 Å². The second-order valence-electron chi connectivity index (χ2n) is 8.88. The fourth-order valence-electron chi connectivity index (χ4n) is 4.89. The van der Waals surface area contributed by atoms with Crippen molar-refractivity contribution >= 4 is 34.4 Å². The fourth-order valence-corrected chi connectivity index (χ4v) is 5.68. The van der Waals surface area contributed by atoms with E-state index in [0.29, 0.717) is 32.6 Å². The summed E-state index contributed by atoms with van der Waals surface area (Å²) in [5.41, 5.74) is 1.05. The predicted octanol–water partition coefficient (Wildman–Crippen LogP) is 1.89. The molecule has 10 heteroatoms. The number of methoxy groups -OCH3 is 1. The molecule has 9 nitrogen and oxygen atoms in total. The van der Waals surface area contributed by atoms with Crippen molar-refractivity contribution in [2.75, 3.05) is 20.3 Å². The molecule has 4 N–H and O–H groups in total. The topological polar surface area (TPSA) is 129 Å². The van der Waals surface area contributed by atoms with Crippen LogP contribution in [0.2, 0.25) is 0 Å². The third-order valence-corrected chi connectivity index (χ3v) is 7.41. The predicted molar refractivity (Wildman–Crippen MR) is 138 cm³/mol. The quantitative estimate of drug-likeness (QED) is 0.301. The molecular weight excluding hydrogens is 567 g/mol. The van der Waals surface area contributed by atoms with E-state index in [4.69, 9.17) is 14.6 Å². The van der Waals surface area contributed by atoms with Crippen molar-refractivity contribution in [2.45, 2.75) is 76.3 Å². The zero-order chi connectivity index (χ0) is 25.5. The Morgan fingerprint density at radius 2 is 1.94 bits per heavy atom. The van der Waals surface area contributed by atoms with E-state index in [1.165, 1.54) is 7.11 Å². The number of hydrogen-bond donors (Lipinski definition) is 4. The van der Waals surface area contributed by atoms with Crippen LogP contribution in [0.15, 0.2) is 23.8 Å². The smallest absolute Gasteiger partial charge is 0.247 e. The Labute approximate surface area is 219 Å². The molecule has 3 atom stereocenters. The monoisotopic (exact) mass is 602 g/mol. The lowest BCUT2D eigenvalue weighted by molar-refractivity contribution is -0.141. The molecule has 1 aromatic carbocycles. The highest BCUT2D eigenvalue weighted by Crippen LogP contribution is 2.38. The number of aliphatic hydroxyl groups is 3. The Balaban J connectivity index is 2.00. The van der Waals surface area contributed by atoms with E-state index in [2.05, 4.69) is 27.9 Å². The molecule has 2 amide bonds. The van der Waals surface area contributed by atoms with Crippen LogP contribution >= 0.6 is 22.6 Å². The number of carbonyl (C=O) groups excluding carboxylic acids is 2. The van der Waals surface area contributed by atoms with Crippen molar-refractivity contribution in [1.29, 1.82) is 0 Å². The van der Waals surface area contributed by atoms with E-state index in [0.717, 1.165) is 25.7 Å². The number of benzene rings is 1. The summed E-state index contributed by atoms with van der Waals surface area (Å²) in [6.07, 6.45) is 3.87. The van der Waals surface area contributed by atoms with Gasteiger partial charge in [0, 0.05) is 31.0 Å². The number of rotatable bonds is 10. The first-order chi connectivity index (χ1) is 16.8. The van der Waals surface area contributed by atoms with Crippen LogP contribution in [-0.2, 0) is 16.2 Å². The van der Waals surface area contributed by atoms with Crippen LogP contribution in [0, 0.1) is 3.57 Å². The number of amides is 2. The molecule has 0 heterocycles. The highest BCUT2D eigenvalue weighted by atomic mass is 127. The zero-order valence-corrected chi connectivity index (χ0v) is 22.4. The summed E-state index contributed by atoms with van der Waals surface area (Å²) in [5.74, 6) is 0.358. The highest BCUT2D eigenvalue weighted by Gasteiger charge is 2.43. The van der Waals surface area contributed by atoms with Gasteiger partial charge < -0.3 is 35.0 Å².